The van der Waals surface area contributed by atoms with E-state index in [4.69, 9.17) is 5.73 Å². The van der Waals surface area contributed by atoms with Gasteiger partial charge in [-0.3, -0.25) is 24.1 Å². The topological polar surface area (TPSA) is 126 Å². The van der Waals surface area contributed by atoms with Crippen molar-refractivity contribution in [2.45, 2.75) is 31.0 Å². The van der Waals surface area contributed by atoms with Gasteiger partial charge in [0, 0.05) is 18.4 Å². The molecule has 0 bridgehead atoms. The first-order valence-corrected chi connectivity index (χ1v) is 10.4. The molecule has 5 N–H and O–H groups in total. The molecular weight excluding hydrogens is 396 g/mol. The molecule has 2 saturated heterocycles. The summed E-state index contributed by atoms with van der Waals surface area (Å²) in [5, 5.41) is 4.71. The highest BCUT2D eigenvalue weighted by molar-refractivity contribution is 6.13. The second-order valence-electron chi connectivity index (χ2n) is 8.46. The molecule has 0 radical (unpaired) electrons. The molecule has 3 aliphatic rings. The van der Waals surface area contributed by atoms with Crippen molar-refractivity contribution in [3.8, 4) is 0 Å². The molecule has 4 atom stereocenters. The van der Waals surface area contributed by atoms with E-state index in [0.717, 1.165) is 5.56 Å². The van der Waals surface area contributed by atoms with Crippen LogP contribution in [0, 0.1) is 11.8 Å². The lowest BCUT2D eigenvalue weighted by molar-refractivity contribution is -0.734. The standard InChI is InChI=1S/C23H22N4O4/c24-17(28)11-10-16-18-19(21(30)27(20(18)29)12-13-6-2-1-3-7-13)23(26-16)14-8-4-5-9-15(14)25-22(23)31/h1-9,16,18-19,26H,10-12H2,(H2,24,28)(H,25,31)/p+1/t16-,18+,19-,23+/m1/s1. The van der Waals surface area contributed by atoms with Crippen LogP contribution in [0.4, 0.5) is 5.69 Å². The fourth-order valence-corrected chi connectivity index (χ4v) is 5.47. The number of para-hydroxylation sites is 1. The van der Waals surface area contributed by atoms with E-state index in [2.05, 4.69) is 5.32 Å². The number of amides is 4. The van der Waals surface area contributed by atoms with Crippen LogP contribution >= 0.6 is 0 Å². The Morgan fingerprint density at radius 3 is 2.48 bits per heavy atom. The molecule has 5 rings (SSSR count). The van der Waals surface area contributed by atoms with E-state index < -0.39 is 29.3 Å². The predicted octanol–water partition coefficient (Wildman–Crippen LogP) is -0.153. The molecule has 2 aromatic rings. The van der Waals surface area contributed by atoms with Crippen molar-refractivity contribution in [3.63, 3.8) is 0 Å². The molecule has 0 aliphatic carbocycles. The number of hydrogen-bond donors (Lipinski definition) is 3. The van der Waals surface area contributed by atoms with Crippen molar-refractivity contribution in [1.82, 2.24) is 4.90 Å². The molecule has 8 heteroatoms. The fourth-order valence-electron chi connectivity index (χ4n) is 5.47. The van der Waals surface area contributed by atoms with E-state index in [0.29, 0.717) is 17.7 Å². The number of anilines is 1. The van der Waals surface area contributed by atoms with E-state index in [-0.39, 0.29) is 30.7 Å². The van der Waals surface area contributed by atoms with Crippen molar-refractivity contribution < 1.29 is 24.5 Å². The molecule has 3 aliphatic heterocycles. The van der Waals surface area contributed by atoms with E-state index in [9.17, 15) is 19.2 Å². The first kappa shape index (κ1) is 19.4. The van der Waals surface area contributed by atoms with E-state index >= 15 is 0 Å². The van der Waals surface area contributed by atoms with Crippen LogP contribution in [0.25, 0.3) is 0 Å². The summed E-state index contributed by atoms with van der Waals surface area (Å²) < 4.78 is 0. The number of nitrogens with zero attached hydrogens (tertiary/aromatic N) is 1. The molecular formula is C23H23N4O4+. The van der Waals surface area contributed by atoms with Gasteiger partial charge in [0.15, 0.2) is 0 Å². The summed E-state index contributed by atoms with van der Waals surface area (Å²) in [4.78, 5) is 53.1. The number of nitrogens with one attached hydrogen (secondary N) is 1. The quantitative estimate of drug-likeness (QED) is 0.583. The number of hydrogen-bond acceptors (Lipinski definition) is 4. The number of rotatable bonds is 5. The third kappa shape index (κ3) is 2.79. The zero-order valence-corrected chi connectivity index (χ0v) is 16.8. The van der Waals surface area contributed by atoms with Crippen molar-refractivity contribution in [1.29, 1.82) is 0 Å². The van der Waals surface area contributed by atoms with Gasteiger partial charge in [0.1, 0.15) is 17.9 Å². The summed E-state index contributed by atoms with van der Waals surface area (Å²) in [5.41, 5.74) is 6.33. The largest absolute Gasteiger partial charge is 0.370 e. The van der Waals surface area contributed by atoms with Crippen LogP contribution in [0.3, 0.4) is 0 Å². The molecule has 0 unspecified atom stereocenters. The number of benzene rings is 2. The van der Waals surface area contributed by atoms with Crippen LogP contribution < -0.4 is 16.4 Å². The molecule has 2 aromatic carbocycles. The number of quaternary nitrogens is 1. The molecule has 8 nitrogen and oxygen atoms in total. The number of likely N-dealkylation sites (tertiary alicyclic amines) is 1. The molecule has 0 saturated carbocycles. The van der Waals surface area contributed by atoms with Crippen LogP contribution in [0.15, 0.2) is 54.6 Å². The smallest absolute Gasteiger partial charge is 0.291 e. The summed E-state index contributed by atoms with van der Waals surface area (Å²) in [6.45, 7) is 0.160. The highest BCUT2D eigenvalue weighted by atomic mass is 16.2. The summed E-state index contributed by atoms with van der Waals surface area (Å²) in [6.07, 6.45) is 0.412. The van der Waals surface area contributed by atoms with Gasteiger partial charge in [-0.05, 0) is 11.6 Å². The predicted molar refractivity (Wildman–Crippen MR) is 110 cm³/mol. The lowest BCUT2D eigenvalue weighted by atomic mass is 9.76. The SMILES string of the molecule is NC(=O)CC[C@H]1[NH2+][C@]2(C(=O)Nc3ccccc32)[C@H]2C(=O)N(Cc3ccccc3)C(=O)[C@@H]12. The third-order valence-electron chi connectivity index (χ3n) is 6.78. The Morgan fingerprint density at radius 2 is 1.74 bits per heavy atom. The van der Waals surface area contributed by atoms with E-state index in [1.165, 1.54) is 4.90 Å². The van der Waals surface area contributed by atoms with Gasteiger partial charge in [-0.15, -0.1) is 0 Å². The lowest BCUT2D eigenvalue weighted by Crippen LogP contribution is -2.99. The van der Waals surface area contributed by atoms with Crippen LogP contribution in [0.2, 0.25) is 0 Å². The number of fused-ring (bicyclic) bond motifs is 4. The number of imide groups is 1. The third-order valence-corrected chi connectivity index (χ3v) is 6.78. The Morgan fingerprint density at radius 1 is 1.03 bits per heavy atom. The van der Waals surface area contributed by atoms with Crippen molar-refractivity contribution >= 4 is 29.3 Å². The Labute approximate surface area is 178 Å². The van der Waals surface area contributed by atoms with Gasteiger partial charge < -0.3 is 16.4 Å². The van der Waals surface area contributed by atoms with Crippen LogP contribution in [0.5, 0.6) is 0 Å². The number of primary amides is 1. The molecule has 1 spiro atoms. The van der Waals surface area contributed by atoms with Gasteiger partial charge in [0.25, 0.3) is 5.91 Å². The zero-order chi connectivity index (χ0) is 21.8. The van der Waals surface area contributed by atoms with Crippen LogP contribution in [-0.4, -0.2) is 34.6 Å². The van der Waals surface area contributed by atoms with Gasteiger partial charge in [-0.1, -0.05) is 48.5 Å². The fraction of sp³-hybridized carbons (Fsp3) is 0.304. The van der Waals surface area contributed by atoms with Gasteiger partial charge in [0.05, 0.1) is 12.2 Å². The van der Waals surface area contributed by atoms with Crippen LogP contribution in [0.1, 0.15) is 24.0 Å². The van der Waals surface area contributed by atoms with E-state index in [1.54, 1.807) is 6.07 Å². The average molecular weight is 419 g/mol. The van der Waals surface area contributed by atoms with Crippen molar-refractivity contribution in [3.05, 3.63) is 65.7 Å². The number of carbonyl (C=O) groups excluding carboxylic acids is 4. The second kappa shape index (κ2) is 7.02. The summed E-state index contributed by atoms with van der Waals surface area (Å²) >= 11 is 0. The molecule has 0 aromatic heterocycles. The van der Waals surface area contributed by atoms with Gasteiger partial charge in [-0.2, -0.15) is 0 Å². The maximum absolute atomic E-state index is 13.6. The Balaban J connectivity index is 1.58. The maximum Gasteiger partial charge on any atom is 0.291 e. The number of carbonyl (C=O) groups is 4. The molecule has 158 valence electrons. The van der Waals surface area contributed by atoms with Crippen LogP contribution in [-0.2, 0) is 31.3 Å². The van der Waals surface area contributed by atoms with Gasteiger partial charge >= 0.3 is 0 Å². The Kier molecular flexibility index (Phi) is 4.40. The molecule has 2 fully saturated rings. The summed E-state index contributed by atoms with van der Waals surface area (Å²) in [5.74, 6) is -2.92. The minimum absolute atomic E-state index is 0.0872. The van der Waals surface area contributed by atoms with Crippen molar-refractivity contribution in [2.75, 3.05) is 5.32 Å². The first-order valence-electron chi connectivity index (χ1n) is 10.4. The highest BCUT2D eigenvalue weighted by Gasteiger charge is 2.73. The molecule has 3 heterocycles. The highest BCUT2D eigenvalue weighted by Crippen LogP contribution is 2.49. The van der Waals surface area contributed by atoms with Gasteiger partial charge in [0.2, 0.25) is 23.3 Å². The Hall–Kier alpha value is -3.52. The second-order valence-corrected chi connectivity index (χ2v) is 8.46. The molecule has 4 amide bonds. The monoisotopic (exact) mass is 419 g/mol. The lowest BCUT2D eigenvalue weighted by Gasteiger charge is -2.26. The first-order chi connectivity index (χ1) is 14.9. The summed E-state index contributed by atoms with van der Waals surface area (Å²) in [6, 6.07) is 16.2. The molecule has 31 heavy (non-hydrogen) atoms. The minimum atomic E-state index is -1.22. The Bertz CT molecular complexity index is 1100. The normalized spacial score (nSPS) is 28.7. The zero-order valence-electron chi connectivity index (χ0n) is 16.8. The van der Waals surface area contributed by atoms with Gasteiger partial charge in [-0.25, -0.2) is 0 Å². The maximum atomic E-state index is 13.6. The van der Waals surface area contributed by atoms with E-state index in [1.807, 2.05) is 53.8 Å². The average Bonchev–Trinajstić information content (AvgIpc) is 3.34. The number of nitrogens with two attached hydrogens (primary N) is 2. The van der Waals surface area contributed by atoms with Crippen molar-refractivity contribution in [2.24, 2.45) is 17.6 Å². The summed E-state index contributed by atoms with van der Waals surface area (Å²) in [7, 11) is 0. The minimum Gasteiger partial charge on any atom is -0.370 e.